The van der Waals surface area contributed by atoms with Crippen molar-refractivity contribution in [1.82, 2.24) is 10.6 Å². The molecule has 2 atom stereocenters. The summed E-state index contributed by atoms with van der Waals surface area (Å²) in [6.45, 7) is 4.59. The first kappa shape index (κ1) is 14.0. The Hall–Kier alpha value is -1.07. The topological polar surface area (TPSA) is 61.4 Å². The third-order valence-corrected chi connectivity index (χ3v) is 3.75. The van der Waals surface area contributed by atoms with Crippen molar-refractivity contribution in [1.29, 1.82) is 0 Å². The summed E-state index contributed by atoms with van der Waals surface area (Å²) in [5, 5.41) is 16.5. The molecule has 1 unspecified atom stereocenters. The van der Waals surface area contributed by atoms with Crippen molar-refractivity contribution in [2.24, 2.45) is 0 Å². The maximum absolute atomic E-state index is 11.5. The van der Waals surface area contributed by atoms with Gasteiger partial charge in [0.15, 0.2) is 0 Å². The van der Waals surface area contributed by atoms with Crippen LogP contribution in [0.3, 0.4) is 0 Å². The van der Waals surface area contributed by atoms with Gasteiger partial charge in [-0.25, -0.2) is 4.79 Å². The molecule has 0 aromatic carbocycles. The lowest BCUT2D eigenvalue weighted by Crippen LogP contribution is -2.44. The lowest BCUT2D eigenvalue weighted by molar-refractivity contribution is 0.214. The number of urea groups is 1. The second kappa shape index (κ2) is 7.29. The molecule has 1 rings (SSSR count). The van der Waals surface area contributed by atoms with Crippen LogP contribution in [0.1, 0.15) is 31.1 Å². The maximum atomic E-state index is 11.5. The highest BCUT2D eigenvalue weighted by Gasteiger charge is 2.11. The van der Waals surface area contributed by atoms with Gasteiger partial charge in [-0.15, -0.1) is 11.3 Å². The first-order valence-corrected chi connectivity index (χ1v) is 6.74. The lowest BCUT2D eigenvalue weighted by atomic mass is 10.1. The second-order valence-corrected chi connectivity index (χ2v) is 5.04. The summed E-state index contributed by atoms with van der Waals surface area (Å²) in [7, 11) is 0. The van der Waals surface area contributed by atoms with Crippen molar-refractivity contribution in [3.63, 3.8) is 0 Å². The van der Waals surface area contributed by atoms with E-state index in [0.717, 1.165) is 6.42 Å². The number of aliphatic hydroxyl groups is 1. The predicted molar refractivity (Wildman–Crippen MR) is 70.4 cm³/mol. The molecule has 0 radical (unpaired) electrons. The summed E-state index contributed by atoms with van der Waals surface area (Å²) < 4.78 is 0. The van der Waals surface area contributed by atoms with Crippen molar-refractivity contribution in [2.75, 3.05) is 13.2 Å². The van der Waals surface area contributed by atoms with E-state index in [0.29, 0.717) is 12.5 Å². The molecule has 0 fully saturated rings. The van der Waals surface area contributed by atoms with E-state index >= 15 is 0 Å². The van der Waals surface area contributed by atoms with E-state index in [9.17, 15) is 4.79 Å². The van der Waals surface area contributed by atoms with Gasteiger partial charge in [-0.2, -0.15) is 0 Å². The van der Waals surface area contributed by atoms with E-state index < -0.39 is 0 Å². The molecule has 0 aliphatic rings. The standard InChI is InChI=1S/C12H20N2O2S/c1-3-10(8-15)14-12(16)13-7-9(2)11-5-4-6-17-11/h4-6,9-10,15H,3,7-8H2,1-2H3,(H2,13,14,16)/t9?,10-/m0/s1. The van der Waals surface area contributed by atoms with Crippen LogP contribution in [0.4, 0.5) is 4.79 Å². The van der Waals surface area contributed by atoms with E-state index in [2.05, 4.69) is 23.6 Å². The molecule has 4 nitrogen and oxygen atoms in total. The number of carbonyl (C=O) groups excluding carboxylic acids is 1. The Morgan fingerprint density at radius 1 is 1.59 bits per heavy atom. The van der Waals surface area contributed by atoms with Crippen molar-refractivity contribution < 1.29 is 9.90 Å². The summed E-state index contributed by atoms with van der Waals surface area (Å²) in [6, 6.07) is 3.70. The third kappa shape index (κ3) is 4.75. The van der Waals surface area contributed by atoms with Crippen LogP contribution in [-0.4, -0.2) is 30.3 Å². The van der Waals surface area contributed by atoms with Gasteiger partial charge < -0.3 is 15.7 Å². The molecule has 96 valence electrons. The van der Waals surface area contributed by atoms with Gasteiger partial charge in [0, 0.05) is 17.3 Å². The van der Waals surface area contributed by atoms with Gasteiger partial charge in [-0.1, -0.05) is 19.9 Å². The molecular formula is C12H20N2O2S. The fraction of sp³-hybridized carbons (Fsp3) is 0.583. The predicted octanol–water partition coefficient (Wildman–Crippen LogP) is 1.92. The summed E-state index contributed by atoms with van der Waals surface area (Å²) in [5.74, 6) is 0.315. The zero-order chi connectivity index (χ0) is 12.7. The highest BCUT2D eigenvalue weighted by atomic mass is 32.1. The van der Waals surface area contributed by atoms with Crippen molar-refractivity contribution in [2.45, 2.75) is 32.2 Å². The molecule has 1 aromatic rings. The molecule has 0 spiro atoms. The van der Waals surface area contributed by atoms with Crippen LogP contribution in [0.5, 0.6) is 0 Å². The summed E-state index contributed by atoms with van der Waals surface area (Å²) in [4.78, 5) is 12.8. The van der Waals surface area contributed by atoms with Gasteiger partial charge in [0.25, 0.3) is 0 Å². The normalized spacial score (nSPS) is 14.1. The zero-order valence-corrected chi connectivity index (χ0v) is 11.1. The number of hydrogen-bond acceptors (Lipinski definition) is 3. The van der Waals surface area contributed by atoms with Crippen LogP contribution in [0.15, 0.2) is 17.5 Å². The number of hydrogen-bond donors (Lipinski definition) is 3. The SMILES string of the molecule is CC[C@@H](CO)NC(=O)NCC(C)c1cccs1. The minimum absolute atomic E-state index is 0.0234. The highest BCUT2D eigenvalue weighted by molar-refractivity contribution is 7.10. The molecule has 0 aliphatic carbocycles. The highest BCUT2D eigenvalue weighted by Crippen LogP contribution is 2.19. The Bertz CT molecular complexity index is 323. The van der Waals surface area contributed by atoms with Crippen LogP contribution >= 0.6 is 11.3 Å². The van der Waals surface area contributed by atoms with Crippen LogP contribution < -0.4 is 10.6 Å². The van der Waals surface area contributed by atoms with Gasteiger partial charge in [-0.05, 0) is 17.9 Å². The molecule has 0 bridgehead atoms. The van der Waals surface area contributed by atoms with Crippen LogP contribution in [-0.2, 0) is 0 Å². The van der Waals surface area contributed by atoms with Crippen LogP contribution in [0.25, 0.3) is 0 Å². The molecule has 1 heterocycles. The largest absolute Gasteiger partial charge is 0.394 e. The van der Waals surface area contributed by atoms with Crippen LogP contribution in [0, 0.1) is 0 Å². The first-order chi connectivity index (χ1) is 8.17. The Labute approximate surface area is 106 Å². The third-order valence-electron chi connectivity index (χ3n) is 2.65. The zero-order valence-electron chi connectivity index (χ0n) is 10.3. The number of rotatable bonds is 6. The van der Waals surface area contributed by atoms with Crippen molar-refractivity contribution >= 4 is 17.4 Å². The smallest absolute Gasteiger partial charge is 0.315 e. The molecule has 0 saturated carbocycles. The molecule has 3 N–H and O–H groups in total. The van der Waals surface area contributed by atoms with E-state index in [1.165, 1.54) is 4.88 Å². The van der Waals surface area contributed by atoms with Gasteiger partial charge in [0.1, 0.15) is 0 Å². The van der Waals surface area contributed by atoms with Gasteiger partial charge >= 0.3 is 6.03 Å². The lowest BCUT2D eigenvalue weighted by Gasteiger charge is -2.16. The maximum Gasteiger partial charge on any atom is 0.315 e. The second-order valence-electron chi connectivity index (χ2n) is 4.06. The number of aliphatic hydroxyl groups excluding tert-OH is 1. The number of nitrogens with one attached hydrogen (secondary N) is 2. The Morgan fingerprint density at radius 3 is 2.88 bits per heavy atom. The van der Waals surface area contributed by atoms with E-state index in [1.54, 1.807) is 11.3 Å². The minimum atomic E-state index is -0.214. The average Bonchev–Trinajstić information content (AvgIpc) is 2.86. The quantitative estimate of drug-likeness (QED) is 0.728. The molecule has 5 heteroatoms. The molecule has 2 amide bonds. The van der Waals surface area contributed by atoms with Crippen molar-refractivity contribution in [3.05, 3.63) is 22.4 Å². The Morgan fingerprint density at radius 2 is 2.35 bits per heavy atom. The average molecular weight is 256 g/mol. The van der Waals surface area contributed by atoms with Gasteiger partial charge in [-0.3, -0.25) is 0 Å². The number of carbonyl (C=O) groups is 1. The summed E-state index contributed by atoms with van der Waals surface area (Å²) >= 11 is 1.69. The first-order valence-electron chi connectivity index (χ1n) is 5.86. The Balaban J connectivity index is 2.28. The fourth-order valence-corrected chi connectivity index (χ4v) is 2.22. The van der Waals surface area contributed by atoms with Crippen LogP contribution in [0.2, 0.25) is 0 Å². The van der Waals surface area contributed by atoms with Crippen molar-refractivity contribution in [3.8, 4) is 0 Å². The summed E-state index contributed by atoms with van der Waals surface area (Å²) in [5.41, 5.74) is 0. The van der Waals surface area contributed by atoms with Gasteiger partial charge in [0.05, 0.1) is 12.6 Å². The van der Waals surface area contributed by atoms with E-state index in [1.807, 2.05) is 18.4 Å². The molecule has 0 aliphatic heterocycles. The number of amides is 2. The minimum Gasteiger partial charge on any atom is -0.394 e. The van der Waals surface area contributed by atoms with E-state index in [-0.39, 0.29) is 18.7 Å². The monoisotopic (exact) mass is 256 g/mol. The fourth-order valence-electron chi connectivity index (χ4n) is 1.43. The molecule has 17 heavy (non-hydrogen) atoms. The summed E-state index contributed by atoms with van der Waals surface area (Å²) in [6.07, 6.45) is 0.727. The molecular weight excluding hydrogens is 236 g/mol. The molecule has 0 saturated heterocycles. The van der Waals surface area contributed by atoms with E-state index in [4.69, 9.17) is 5.11 Å². The van der Waals surface area contributed by atoms with Gasteiger partial charge in [0.2, 0.25) is 0 Å². The molecule has 1 aromatic heterocycles. The Kier molecular flexibility index (Phi) is 6.00. The number of thiophene rings is 1.